The van der Waals surface area contributed by atoms with Crippen LogP contribution >= 0.6 is 0 Å². The normalized spacial score (nSPS) is 16.1. The van der Waals surface area contributed by atoms with Crippen LogP contribution < -0.4 is 4.90 Å². The zero-order valence-corrected chi connectivity index (χ0v) is 42.9. The Hall–Kier alpha value is -6.96. The molecule has 0 N–H and O–H groups in total. The summed E-state index contributed by atoms with van der Waals surface area (Å²) in [7, 11) is 0. The highest BCUT2D eigenvalue weighted by molar-refractivity contribution is 6.05. The van der Waals surface area contributed by atoms with Crippen molar-refractivity contribution < 1.29 is 0 Å². The van der Waals surface area contributed by atoms with Gasteiger partial charge >= 0.3 is 0 Å². The van der Waals surface area contributed by atoms with E-state index in [1.807, 2.05) is 0 Å². The maximum absolute atomic E-state index is 2.65. The lowest BCUT2D eigenvalue weighted by Crippen LogP contribution is -2.27. The highest BCUT2D eigenvalue weighted by Crippen LogP contribution is 2.65. The third-order valence-electron chi connectivity index (χ3n) is 17.4. The number of anilines is 3. The number of rotatable bonds is 5. The van der Waals surface area contributed by atoms with E-state index in [0.29, 0.717) is 5.92 Å². The summed E-state index contributed by atoms with van der Waals surface area (Å²) in [5.74, 6) is 0.567. The lowest BCUT2D eigenvalue weighted by atomic mass is 9.68. The molecule has 0 unspecified atom stereocenters. The lowest BCUT2D eigenvalue weighted by Gasteiger charge is -2.35. The van der Waals surface area contributed by atoms with E-state index in [-0.39, 0.29) is 16.2 Å². The molecule has 0 saturated heterocycles. The molecule has 0 aliphatic heterocycles. The number of nitrogens with zero attached hydrogens (tertiary/aromatic N) is 1. The van der Waals surface area contributed by atoms with Crippen molar-refractivity contribution in [1.29, 1.82) is 0 Å². The largest absolute Gasteiger partial charge is 0.309 e. The van der Waals surface area contributed by atoms with Crippen molar-refractivity contribution in [2.75, 3.05) is 4.90 Å². The molecule has 0 bridgehead atoms. The van der Waals surface area contributed by atoms with Crippen molar-refractivity contribution in [3.05, 3.63) is 232 Å². The lowest BCUT2D eigenvalue weighted by molar-refractivity contribution is 0.445. The number of hydrogen-bond donors (Lipinski definition) is 0. The maximum atomic E-state index is 2.65. The third-order valence-corrected chi connectivity index (χ3v) is 17.4. The van der Waals surface area contributed by atoms with Crippen molar-refractivity contribution in [1.82, 2.24) is 0 Å². The van der Waals surface area contributed by atoms with Crippen molar-refractivity contribution in [3.8, 4) is 44.5 Å². The molecule has 9 aromatic rings. The smallest absolute Gasteiger partial charge is 0.0726 e. The molecule has 0 amide bonds. The van der Waals surface area contributed by atoms with Gasteiger partial charge in [0.1, 0.15) is 0 Å². The van der Waals surface area contributed by atoms with Gasteiger partial charge in [0.2, 0.25) is 0 Å². The molecule has 0 atom stereocenters. The van der Waals surface area contributed by atoms with Gasteiger partial charge in [0.15, 0.2) is 0 Å². The molecule has 4 aliphatic rings. The molecule has 1 nitrogen and oxygen atoms in total. The van der Waals surface area contributed by atoms with Gasteiger partial charge in [-0.3, -0.25) is 0 Å². The molecular formula is C70H65N. The Kier molecular flexibility index (Phi) is 9.78. The Morgan fingerprint density at radius 3 is 1.59 bits per heavy atom. The van der Waals surface area contributed by atoms with Crippen LogP contribution in [0.5, 0.6) is 0 Å². The Balaban J connectivity index is 1.13. The minimum Gasteiger partial charge on any atom is -0.309 e. The Bertz CT molecular complexity index is 3570. The van der Waals surface area contributed by atoms with E-state index >= 15 is 0 Å². The first-order valence-electron chi connectivity index (χ1n) is 26.5. The fourth-order valence-corrected chi connectivity index (χ4v) is 13.8. The molecule has 0 radical (unpaired) electrons. The van der Waals surface area contributed by atoms with Crippen LogP contribution in [0.25, 0.3) is 55.3 Å². The van der Waals surface area contributed by atoms with Gasteiger partial charge in [0.05, 0.1) is 16.8 Å². The van der Waals surface area contributed by atoms with Crippen LogP contribution in [0.15, 0.2) is 182 Å². The SMILES string of the molecule is CC(C)(C)c1ccc2c(c1)C1(c3ccccc3-c3ccc(N(c4ccccc4-c4cccc5cccc(C6CCCCC6)c45)c4cccc5c4-c4ccccc4C5(C)C)cc31)c1cc(C(C)(C)C)ccc1-2. The van der Waals surface area contributed by atoms with Gasteiger partial charge in [-0.25, -0.2) is 0 Å². The summed E-state index contributed by atoms with van der Waals surface area (Å²) in [6.45, 7) is 19.0. The third kappa shape index (κ3) is 6.44. The molecule has 350 valence electrons. The molecule has 4 aliphatic carbocycles. The summed E-state index contributed by atoms with van der Waals surface area (Å²) >= 11 is 0. The van der Waals surface area contributed by atoms with Gasteiger partial charge in [-0.2, -0.15) is 0 Å². The van der Waals surface area contributed by atoms with Gasteiger partial charge in [-0.15, -0.1) is 0 Å². The number of hydrogen-bond acceptors (Lipinski definition) is 1. The topological polar surface area (TPSA) is 3.24 Å². The fraction of sp³-hybridized carbons (Fsp3) is 0.257. The average molecular weight is 920 g/mol. The second-order valence-electron chi connectivity index (χ2n) is 23.9. The van der Waals surface area contributed by atoms with Gasteiger partial charge < -0.3 is 4.90 Å². The second kappa shape index (κ2) is 15.8. The molecule has 9 aromatic carbocycles. The van der Waals surface area contributed by atoms with E-state index in [0.717, 1.165) is 0 Å². The molecule has 1 spiro atoms. The fourth-order valence-electron chi connectivity index (χ4n) is 13.8. The van der Waals surface area contributed by atoms with Gasteiger partial charge in [0, 0.05) is 22.2 Å². The maximum Gasteiger partial charge on any atom is 0.0726 e. The molecule has 71 heavy (non-hydrogen) atoms. The Labute approximate surface area is 422 Å². The minimum atomic E-state index is -0.530. The van der Waals surface area contributed by atoms with E-state index in [1.54, 1.807) is 0 Å². The van der Waals surface area contributed by atoms with Crippen LogP contribution in [0, 0.1) is 0 Å². The van der Waals surface area contributed by atoms with E-state index in [2.05, 4.69) is 242 Å². The van der Waals surface area contributed by atoms with E-state index in [4.69, 9.17) is 0 Å². The van der Waals surface area contributed by atoms with Crippen molar-refractivity contribution in [2.45, 2.75) is 115 Å². The number of benzene rings is 9. The predicted octanol–water partition coefficient (Wildman–Crippen LogP) is 19.3. The Morgan fingerprint density at radius 1 is 0.408 bits per heavy atom. The van der Waals surface area contributed by atoms with Gasteiger partial charge in [-0.1, -0.05) is 232 Å². The molecule has 1 fully saturated rings. The van der Waals surface area contributed by atoms with Crippen molar-refractivity contribution in [3.63, 3.8) is 0 Å². The van der Waals surface area contributed by atoms with Crippen LogP contribution in [0.1, 0.15) is 143 Å². The quantitative estimate of drug-likeness (QED) is 0.166. The van der Waals surface area contributed by atoms with Crippen LogP contribution in [-0.4, -0.2) is 0 Å². The van der Waals surface area contributed by atoms with Gasteiger partial charge in [0.25, 0.3) is 0 Å². The first-order valence-corrected chi connectivity index (χ1v) is 26.5. The van der Waals surface area contributed by atoms with E-state index in [1.165, 1.54) is 155 Å². The molecular weight excluding hydrogens is 855 g/mol. The molecule has 1 saturated carbocycles. The minimum absolute atomic E-state index is 0.0267. The number of para-hydroxylation sites is 1. The molecule has 0 aromatic heterocycles. The van der Waals surface area contributed by atoms with Crippen molar-refractivity contribution >= 4 is 27.8 Å². The monoisotopic (exact) mass is 920 g/mol. The highest BCUT2D eigenvalue weighted by Gasteiger charge is 2.53. The van der Waals surface area contributed by atoms with Crippen LogP contribution in [0.4, 0.5) is 17.1 Å². The summed E-state index contributed by atoms with van der Waals surface area (Å²) in [4.78, 5) is 2.65. The van der Waals surface area contributed by atoms with Crippen molar-refractivity contribution in [2.24, 2.45) is 0 Å². The first-order chi connectivity index (χ1) is 34.3. The predicted molar refractivity (Wildman–Crippen MR) is 301 cm³/mol. The van der Waals surface area contributed by atoms with Crippen LogP contribution in [-0.2, 0) is 21.7 Å². The molecule has 1 heteroatoms. The highest BCUT2D eigenvalue weighted by atomic mass is 15.1. The summed E-state index contributed by atoms with van der Waals surface area (Å²) in [6, 6.07) is 71.3. The zero-order chi connectivity index (χ0) is 48.6. The van der Waals surface area contributed by atoms with Gasteiger partial charge in [-0.05, 0) is 148 Å². The second-order valence-corrected chi connectivity index (χ2v) is 23.9. The van der Waals surface area contributed by atoms with Crippen LogP contribution in [0.2, 0.25) is 0 Å². The van der Waals surface area contributed by atoms with E-state index in [9.17, 15) is 0 Å². The summed E-state index contributed by atoms with van der Waals surface area (Å²) in [5, 5.41) is 2.73. The Morgan fingerprint density at radius 2 is 0.915 bits per heavy atom. The standard InChI is InChI=1S/C70H65N/c1-67(2,3)46-35-38-51-52-39-36-47(68(4,5)6)42-61(52)70(60(51)41-46)58-31-16-12-25-50(58)53-40-37-48(43-62(53)70)71(64-34-20-32-59-66(64)56-27-13-15-30-57(56)69(59,7)8)63-33-17-14-26-54(63)55-29-19-24-45-23-18-28-49(65(45)55)44-21-10-9-11-22-44/h12-20,23-44H,9-11,21-22H2,1-8H3. The number of fused-ring (bicyclic) bond motifs is 14. The average Bonchev–Trinajstić information content (AvgIpc) is 3.95. The summed E-state index contributed by atoms with van der Waals surface area (Å²) in [5.41, 5.74) is 25.9. The summed E-state index contributed by atoms with van der Waals surface area (Å²) in [6.07, 6.45) is 6.46. The molecule has 13 rings (SSSR count). The van der Waals surface area contributed by atoms with Crippen LogP contribution in [0.3, 0.4) is 0 Å². The molecule has 0 heterocycles. The summed E-state index contributed by atoms with van der Waals surface area (Å²) < 4.78 is 0. The van der Waals surface area contributed by atoms with E-state index < -0.39 is 5.41 Å². The first kappa shape index (κ1) is 44.0. The zero-order valence-electron chi connectivity index (χ0n) is 42.9.